The van der Waals surface area contributed by atoms with E-state index < -0.39 is 0 Å². The van der Waals surface area contributed by atoms with E-state index in [0.29, 0.717) is 0 Å². The molecule has 0 radical (unpaired) electrons. The van der Waals surface area contributed by atoms with Gasteiger partial charge in [0.1, 0.15) is 0 Å². The zero-order chi connectivity index (χ0) is 10.2. The Hall–Kier alpha value is -0.340. The van der Waals surface area contributed by atoms with Crippen LogP contribution in [0.1, 0.15) is 40.0 Å². The van der Waals surface area contributed by atoms with Crippen LogP contribution in [0.3, 0.4) is 0 Å². The average Bonchev–Trinajstić information content (AvgIpc) is 2.06. The van der Waals surface area contributed by atoms with Crippen LogP contribution in [0.5, 0.6) is 0 Å². The van der Waals surface area contributed by atoms with Gasteiger partial charge in [-0.3, -0.25) is 0 Å². The molecule has 0 unspecified atom stereocenters. The first kappa shape index (κ1) is 16.1. The molecule has 0 spiro atoms. The summed E-state index contributed by atoms with van der Waals surface area (Å²) in [5.74, 6) is 0. The second kappa shape index (κ2) is 9.22. The van der Waals surface area contributed by atoms with Crippen molar-refractivity contribution in [1.82, 2.24) is 0 Å². The molecule has 0 fully saturated rings. The first-order chi connectivity index (χ1) is 6.24. The van der Waals surface area contributed by atoms with Crippen LogP contribution >= 0.6 is 0 Å². The second-order valence-electron chi connectivity index (χ2n) is 3.98. The molecule has 0 aromatic carbocycles. The van der Waals surface area contributed by atoms with Gasteiger partial charge in [-0.15, -0.1) is 0 Å². The fraction of sp³-hybridized carbons (Fsp3) is 0.833. The third-order valence-electron chi connectivity index (χ3n) is 2.61. The van der Waals surface area contributed by atoms with Gasteiger partial charge in [0.25, 0.3) is 0 Å². The first-order valence-electron chi connectivity index (χ1n) is 5.70. The molecule has 0 rings (SSSR count). The Balaban J connectivity index is 0. The first-order valence-corrected chi connectivity index (χ1v) is 5.70. The molecule has 0 saturated carbocycles. The number of hydrogen-bond acceptors (Lipinski definition) is 1. The molecule has 0 saturated heterocycles. The molecule has 0 aromatic rings. The highest BCUT2D eigenvalue weighted by molar-refractivity contribution is 4.66. The van der Waals surface area contributed by atoms with Gasteiger partial charge in [0.05, 0.1) is 26.2 Å². The topological polar surface area (TPSA) is 30.0 Å². The molecule has 1 N–H and O–H groups in total. The smallest absolute Gasteiger partial charge is 0.0971 e. The molecule has 0 heterocycles. The maximum atomic E-state index is 3.88. The van der Waals surface area contributed by atoms with Crippen molar-refractivity contribution in [2.75, 3.05) is 26.2 Å². The van der Waals surface area contributed by atoms with Crippen molar-refractivity contribution in [3.63, 3.8) is 0 Å². The van der Waals surface area contributed by atoms with Crippen molar-refractivity contribution in [3.8, 4) is 0 Å². The van der Waals surface area contributed by atoms with Crippen LogP contribution in [-0.4, -0.2) is 36.1 Å². The van der Waals surface area contributed by atoms with Gasteiger partial charge in [-0.05, 0) is 25.3 Å². The molecule has 86 valence electrons. The van der Waals surface area contributed by atoms with Crippen LogP contribution in [-0.2, 0) is 0 Å². The summed E-state index contributed by atoms with van der Waals surface area (Å²) >= 11 is 0. The standard InChI is InChI=1S/C12H26N.H2O/c1-5-9-13(10-6-2,11-7-3)12-8-4;/h5H,1,6-12H2,2-4H3;1H2/q+1;/p-1. The Morgan fingerprint density at radius 1 is 0.929 bits per heavy atom. The number of rotatable bonds is 8. The van der Waals surface area contributed by atoms with Crippen molar-refractivity contribution in [2.24, 2.45) is 0 Å². The normalized spacial score (nSPS) is 10.8. The molecule has 2 heteroatoms. The Morgan fingerprint density at radius 3 is 1.50 bits per heavy atom. The Bertz CT molecular complexity index is 117. The lowest BCUT2D eigenvalue weighted by Gasteiger charge is -2.37. The fourth-order valence-electron chi connectivity index (χ4n) is 2.31. The minimum Gasteiger partial charge on any atom is -0.870 e. The van der Waals surface area contributed by atoms with Gasteiger partial charge in [0, 0.05) is 0 Å². The maximum absolute atomic E-state index is 3.88. The van der Waals surface area contributed by atoms with Gasteiger partial charge in [0.2, 0.25) is 0 Å². The minimum absolute atomic E-state index is 0. The minimum atomic E-state index is 0. The average molecular weight is 201 g/mol. The predicted molar refractivity (Wildman–Crippen MR) is 62.7 cm³/mol. The third kappa shape index (κ3) is 5.40. The third-order valence-corrected chi connectivity index (χ3v) is 2.61. The lowest BCUT2D eigenvalue weighted by molar-refractivity contribution is -0.923. The number of nitrogens with zero attached hydrogens (tertiary/aromatic N) is 1. The van der Waals surface area contributed by atoms with Crippen molar-refractivity contribution in [2.45, 2.75) is 40.0 Å². The molecular formula is C12H27NO. The maximum Gasteiger partial charge on any atom is 0.0971 e. The molecule has 0 aliphatic carbocycles. The summed E-state index contributed by atoms with van der Waals surface area (Å²) in [4.78, 5) is 0. The molecule has 0 aliphatic rings. The van der Waals surface area contributed by atoms with E-state index in [1.807, 2.05) is 0 Å². The highest BCUT2D eigenvalue weighted by Gasteiger charge is 2.22. The van der Waals surface area contributed by atoms with Crippen LogP contribution in [0, 0.1) is 0 Å². The molecular weight excluding hydrogens is 174 g/mol. The molecule has 2 nitrogen and oxygen atoms in total. The monoisotopic (exact) mass is 201 g/mol. The summed E-state index contributed by atoms with van der Waals surface area (Å²) in [5.41, 5.74) is 0. The SMILES string of the molecule is C=CC[N+](CCC)(CCC)CCC.[OH-]. The van der Waals surface area contributed by atoms with Gasteiger partial charge < -0.3 is 9.96 Å². The van der Waals surface area contributed by atoms with Crippen molar-refractivity contribution in [1.29, 1.82) is 0 Å². The molecule has 0 aromatic heterocycles. The molecule has 14 heavy (non-hydrogen) atoms. The van der Waals surface area contributed by atoms with Gasteiger partial charge in [-0.1, -0.05) is 27.4 Å². The number of quaternary nitrogens is 1. The highest BCUT2D eigenvalue weighted by Crippen LogP contribution is 2.11. The van der Waals surface area contributed by atoms with Crippen molar-refractivity contribution in [3.05, 3.63) is 12.7 Å². The molecule has 0 amide bonds. The molecule has 0 aliphatic heterocycles. The predicted octanol–water partition coefficient (Wildman–Crippen LogP) is 3.04. The summed E-state index contributed by atoms with van der Waals surface area (Å²) in [6.07, 6.45) is 5.94. The van der Waals surface area contributed by atoms with Gasteiger partial charge in [0.15, 0.2) is 0 Å². The Labute approximate surface area is 89.5 Å². The summed E-state index contributed by atoms with van der Waals surface area (Å²) in [6, 6.07) is 0. The lowest BCUT2D eigenvalue weighted by atomic mass is 10.2. The fourth-order valence-corrected chi connectivity index (χ4v) is 2.31. The summed E-state index contributed by atoms with van der Waals surface area (Å²) in [6.45, 7) is 15.8. The van der Waals surface area contributed by atoms with E-state index in [9.17, 15) is 0 Å². The van der Waals surface area contributed by atoms with Gasteiger partial charge in [-0.2, -0.15) is 0 Å². The quantitative estimate of drug-likeness (QED) is 0.438. The summed E-state index contributed by atoms with van der Waals surface area (Å²) < 4.78 is 1.26. The molecule has 0 atom stereocenters. The van der Waals surface area contributed by atoms with Crippen molar-refractivity contribution >= 4 is 0 Å². The second-order valence-corrected chi connectivity index (χ2v) is 3.98. The van der Waals surface area contributed by atoms with E-state index in [-0.39, 0.29) is 5.48 Å². The Morgan fingerprint density at radius 2 is 1.29 bits per heavy atom. The van der Waals surface area contributed by atoms with Gasteiger partial charge in [-0.25, -0.2) is 0 Å². The van der Waals surface area contributed by atoms with Crippen LogP contribution in [0.2, 0.25) is 0 Å². The zero-order valence-electron chi connectivity index (χ0n) is 10.1. The highest BCUT2D eigenvalue weighted by atomic mass is 16.0. The van der Waals surface area contributed by atoms with Crippen LogP contribution in [0.25, 0.3) is 0 Å². The van der Waals surface area contributed by atoms with Crippen LogP contribution in [0.4, 0.5) is 0 Å². The summed E-state index contributed by atoms with van der Waals surface area (Å²) in [7, 11) is 0. The lowest BCUT2D eigenvalue weighted by Crippen LogP contribution is -2.49. The van der Waals surface area contributed by atoms with E-state index in [1.54, 1.807) is 0 Å². The molecule has 0 bridgehead atoms. The van der Waals surface area contributed by atoms with Crippen LogP contribution < -0.4 is 0 Å². The van der Waals surface area contributed by atoms with E-state index in [2.05, 4.69) is 33.4 Å². The van der Waals surface area contributed by atoms with Gasteiger partial charge >= 0.3 is 0 Å². The summed E-state index contributed by atoms with van der Waals surface area (Å²) in [5, 5.41) is 0. The van der Waals surface area contributed by atoms with E-state index in [4.69, 9.17) is 0 Å². The Kier molecular flexibility index (Phi) is 10.6. The zero-order valence-corrected chi connectivity index (χ0v) is 10.1. The van der Waals surface area contributed by atoms with E-state index in [0.717, 1.165) is 6.54 Å². The van der Waals surface area contributed by atoms with Crippen molar-refractivity contribution < 1.29 is 9.96 Å². The number of hydrogen-bond donors (Lipinski definition) is 0. The largest absolute Gasteiger partial charge is 0.870 e. The van der Waals surface area contributed by atoms with Crippen LogP contribution in [0.15, 0.2) is 12.7 Å². The van der Waals surface area contributed by atoms with E-state index >= 15 is 0 Å². The van der Waals surface area contributed by atoms with E-state index in [1.165, 1.54) is 43.4 Å².